The molecule has 0 aliphatic carbocycles. The summed E-state index contributed by atoms with van der Waals surface area (Å²) in [6.45, 7) is 0. The van der Waals surface area contributed by atoms with Gasteiger partial charge in [0.2, 0.25) is 0 Å². The second kappa shape index (κ2) is 7.75. The predicted octanol–water partition coefficient (Wildman–Crippen LogP) is 2.81. The number of benzene rings is 2. The van der Waals surface area contributed by atoms with Crippen molar-refractivity contribution in [1.82, 2.24) is 9.78 Å². The average molecular weight is 380 g/mol. The molecule has 0 aliphatic rings. The van der Waals surface area contributed by atoms with Gasteiger partial charge in [0.05, 0.1) is 25.5 Å². The molecule has 0 bridgehead atoms. The van der Waals surface area contributed by atoms with Crippen LogP contribution in [0.15, 0.2) is 54.6 Å². The Morgan fingerprint density at radius 1 is 0.893 bits per heavy atom. The zero-order valence-corrected chi connectivity index (χ0v) is 15.1. The molecule has 1 N–H and O–H groups in total. The molecule has 0 saturated heterocycles. The van der Waals surface area contributed by atoms with Crippen molar-refractivity contribution in [2.45, 2.75) is 0 Å². The van der Waals surface area contributed by atoms with Crippen LogP contribution in [0.3, 0.4) is 0 Å². The molecule has 0 unspecified atom stereocenters. The molecule has 8 heteroatoms. The van der Waals surface area contributed by atoms with Gasteiger partial charge in [-0.1, -0.05) is 36.4 Å². The minimum Gasteiger partial charge on any atom is -0.478 e. The normalized spacial score (nSPS) is 10.4. The molecule has 8 nitrogen and oxygen atoms in total. The molecule has 0 radical (unpaired) electrons. The molecular weight excluding hydrogens is 364 g/mol. The van der Waals surface area contributed by atoms with Crippen molar-refractivity contribution in [2.24, 2.45) is 0 Å². The Balaban J connectivity index is 2.41. The Hall–Kier alpha value is -3.94. The number of carbonyl (C=O) groups is 3. The van der Waals surface area contributed by atoms with Crippen LogP contribution >= 0.6 is 0 Å². The Bertz CT molecular complexity index is 1060. The fourth-order valence-corrected chi connectivity index (χ4v) is 2.82. The maximum atomic E-state index is 12.5. The minimum absolute atomic E-state index is 0.00843. The third-order valence-corrected chi connectivity index (χ3v) is 4.07. The van der Waals surface area contributed by atoms with Crippen LogP contribution in [0.2, 0.25) is 0 Å². The number of aromatic carboxylic acids is 1. The number of methoxy groups -OCH3 is 2. The molecule has 0 amide bonds. The summed E-state index contributed by atoms with van der Waals surface area (Å²) < 4.78 is 10.9. The van der Waals surface area contributed by atoms with E-state index in [1.165, 1.54) is 23.9 Å². The molecule has 0 fully saturated rings. The molecule has 1 heterocycles. The summed E-state index contributed by atoms with van der Waals surface area (Å²) in [5.41, 5.74) is 0.279. The van der Waals surface area contributed by atoms with Gasteiger partial charge in [-0.2, -0.15) is 5.10 Å². The zero-order chi connectivity index (χ0) is 20.3. The summed E-state index contributed by atoms with van der Waals surface area (Å²) in [6, 6.07) is 14.7. The van der Waals surface area contributed by atoms with Crippen LogP contribution in [-0.4, -0.2) is 47.0 Å². The number of ether oxygens (including phenoxy) is 2. The fraction of sp³-hybridized carbons (Fsp3) is 0.100. The van der Waals surface area contributed by atoms with Gasteiger partial charge in [0.1, 0.15) is 11.3 Å². The molecular formula is C20H16N2O6. The minimum atomic E-state index is -1.19. The Morgan fingerprint density at radius 3 is 2.11 bits per heavy atom. The molecule has 28 heavy (non-hydrogen) atoms. The van der Waals surface area contributed by atoms with E-state index in [9.17, 15) is 19.5 Å². The first-order chi connectivity index (χ1) is 13.5. The molecule has 2 aromatic carbocycles. The molecule has 0 atom stereocenters. The highest BCUT2D eigenvalue weighted by atomic mass is 16.5. The van der Waals surface area contributed by atoms with Gasteiger partial charge >= 0.3 is 17.9 Å². The lowest BCUT2D eigenvalue weighted by molar-refractivity contribution is 0.0549. The number of rotatable bonds is 5. The molecule has 0 aliphatic heterocycles. The average Bonchev–Trinajstić information content (AvgIpc) is 3.13. The van der Waals surface area contributed by atoms with Crippen molar-refractivity contribution >= 4 is 17.9 Å². The third-order valence-electron chi connectivity index (χ3n) is 4.07. The van der Waals surface area contributed by atoms with Crippen molar-refractivity contribution < 1.29 is 29.0 Å². The molecule has 0 spiro atoms. The van der Waals surface area contributed by atoms with E-state index >= 15 is 0 Å². The second-order valence-corrected chi connectivity index (χ2v) is 5.65. The van der Waals surface area contributed by atoms with E-state index in [0.717, 1.165) is 7.11 Å². The van der Waals surface area contributed by atoms with Gasteiger partial charge in [-0.05, 0) is 18.2 Å². The lowest BCUT2D eigenvalue weighted by atomic mass is 10.0. The summed E-state index contributed by atoms with van der Waals surface area (Å²) in [6.07, 6.45) is 0. The van der Waals surface area contributed by atoms with Crippen molar-refractivity contribution in [1.29, 1.82) is 0 Å². The number of aromatic nitrogens is 2. The van der Waals surface area contributed by atoms with Gasteiger partial charge in [-0.3, -0.25) is 0 Å². The smallest absolute Gasteiger partial charge is 0.357 e. The van der Waals surface area contributed by atoms with E-state index in [4.69, 9.17) is 9.47 Å². The van der Waals surface area contributed by atoms with Crippen LogP contribution in [0.4, 0.5) is 0 Å². The van der Waals surface area contributed by atoms with E-state index < -0.39 is 17.9 Å². The number of hydrogen-bond donors (Lipinski definition) is 1. The SMILES string of the molecule is COC(=O)c1c(-c2ccccc2C(=O)O)nn(-c2ccccc2)c1C(=O)OC. The second-order valence-electron chi connectivity index (χ2n) is 5.65. The monoisotopic (exact) mass is 380 g/mol. The fourth-order valence-electron chi connectivity index (χ4n) is 2.82. The summed E-state index contributed by atoms with van der Waals surface area (Å²) in [4.78, 5) is 36.7. The summed E-state index contributed by atoms with van der Waals surface area (Å²) in [7, 11) is 2.34. The van der Waals surface area contributed by atoms with Crippen LogP contribution in [0.1, 0.15) is 31.2 Å². The van der Waals surface area contributed by atoms with Crippen LogP contribution < -0.4 is 0 Å². The molecule has 1 aromatic heterocycles. The summed E-state index contributed by atoms with van der Waals surface area (Å²) in [5.74, 6) is -2.84. The molecule has 3 rings (SSSR count). The first-order valence-corrected chi connectivity index (χ1v) is 8.17. The predicted molar refractivity (Wildman–Crippen MR) is 98.6 cm³/mol. The Morgan fingerprint density at radius 2 is 1.50 bits per heavy atom. The van der Waals surface area contributed by atoms with Crippen LogP contribution in [0.5, 0.6) is 0 Å². The standard InChI is InChI=1S/C20H16N2O6/c1-27-19(25)15-16(13-10-6-7-11-14(13)18(23)24)21-22(17(15)20(26)28-2)12-8-4-3-5-9-12/h3-11H,1-2H3,(H,23,24). The van der Waals surface area contributed by atoms with Gasteiger partial charge in [0.25, 0.3) is 0 Å². The first-order valence-electron chi connectivity index (χ1n) is 8.17. The van der Waals surface area contributed by atoms with E-state index in [0.29, 0.717) is 5.69 Å². The van der Waals surface area contributed by atoms with Gasteiger partial charge in [-0.25, -0.2) is 19.1 Å². The number of carbonyl (C=O) groups excluding carboxylic acids is 2. The van der Waals surface area contributed by atoms with E-state index in [-0.39, 0.29) is 28.1 Å². The van der Waals surface area contributed by atoms with Gasteiger partial charge in [0, 0.05) is 5.56 Å². The lowest BCUT2D eigenvalue weighted by Crippen LogP contribution is -2.15. The highest BCUT2D eigenvalue weighted by molar-refractivity contribution is 6.08. The zero-order valence-electron chi connectivity index (χ0n) is 15.1. The number of nitrogens with zero attached hydrogens (tertiary/aromatic N) is 2. The van der Waals surface area contributed by atoms with Gasteiger partial charge < -0.3 is 14.6 Å². The van der Waals surface area contributed by atoms with Crippen molar-refractivity contribution in [2.75, 3.05) is 14.2 Å². The summed E-state index contributed by atoms with van der Waals surface area (Å²) in [5, 5.41) is 13.9. The van der Waals surface area contributed by atoms with Crippen LogP contribution in [0.25, 0.3) is 16.9 Å². The number of hydrogen-bond acceptors (Lipinski definition) is 6. The lowest BCUT2D eigenvalue weighted by Gasteiger charge is -2.07. The van der Waals surface area contributed by atoms with Gasteiger partial charge in [0.15, 0.2) is 5.69 Å². The maximum Gasteiger partial charge on any atom is 0.357 e. The quantitative estimate of drug-likeness (QED) is 0.678. The van der Waals surface area contributed by atoms with Crippen LogP contribution in [-0.2, 0) is 9.47 Å². The van der Waals surface area contributed by atoms with E-state index in [1.54, 1.807) is 42.5 Å². The van der Waals surface area contributed by atoms with Crippen molar-refractivity contribution in [3.05, 3.63) is 71.4 Å². The Labute approximate surface area is 159 Å². The topological polar surface area (TPSA) is 108 Å². The largest absolute Gasteiger partial charge is 0.478 e. The maximum absolute atomic E-state index is 12.5. The van der Waals surface area contributed by atoms with Gasteiger partial charge in [-0.15, -0.1) is 0 Å². The molecule has 3 aromatic rings. The van der Waals surface area contributed by atoms with E-state index in [1.807, 2.05) is 0 Å². The molecule has 142 valence electrons. The Kier molecular flexibility index (Phi) is 5.21. The highest BCUT2D eigenvalue weighted by Crippen LogP contribution is 2.31. The highest BCUT2D eigenvalue weighted by Gasteiger charge is 2.32. The number of para-hydroxylation sites is 1. The first kappa shape index (κ1) is 18.8. The van der Waals surface area contributed by atoms with Crippen LogP contribution in [0, 0.1) is 0 Å². The summed E-state index contributed by atoms with van der Waals surface area (Å²) >= 11 is 0. The number of carboxylic acids is 1. The van der Waals surface area contributed by atoms with E-state index in [2.05, 4.69) is 5.10 Å². The van der Waals surface area contributed by atoms with Crippen molar-refractivity contribution in [3.63, 3.8) is 0 Å². The molecule has 0 saturated carbocycles. The number of carboxylic acid groups (broad SMARTS) is 1. The number of esters is 2. The van der Waals surface area contributed by atoms with Crippen molar-refractivity contribution in [3.8, 4) is 16.9 Å². The third kappa shape index (κ3) is 3.23.